The van der Waals surface area contributed by atoms with E-state index in [4.69, 9.17) is 10.5 Å². The largest absolute Gasteiger partial charge is 0.487 e. The Labute approximate surface area is 114 Å². The monoisotopic (exact) mass is 256 g/mol. The van der Waals surface area contributed by atoms with Crippen LogP contribution < -0.4 is 10.5 Å². The molecular weight excluding hydrogens is 236 g/mol. The van der Waals surface area contributed by atoms with Gasteiger partial charge in [0.25, 0.3) is 0 Å². The molecule has 0 saturated carbocycles. The summed E-state index contributed by atoms with van der Waals surface area (Å²) in [5.41, 5.74) is 11.0. The van der Waals surface area contributed by atoms with Crippen LogP contribution in [-0.4, -0.2) is 4.98 Å². The molecule has 100 valence electrons. The lowest BCUT2D eigenvalue weighted by atomic mass is 10.1. The van der Waals surface area contributed by atoms with Crippen LogP contribution in [0.25, 0.3) is 0 Å². The highest BCUT2D eigenvalue weighted by atomic mass is 16.5. The van der Waals surface area contributed by atoms with Gasteiger partial charge in [-0.25, -0.2) is 0 Å². The van der Waals surface area contributed by atoms with Crippen molar-refractivity contribution in [3.8, 4) is 5.75 Å². The van der Waals surface area contributed by atoms with Gasteiger partial charge in [-0.3, -0.25) is 4.98 Å². The van der Waals surface area contributed by atoms with E-state index in [2.05, 4.69) is 17.1 Å². The molecule has 0 amide bonds. The molecule has 1 heterocycles. The Morgan fingerprint density at radius 3 is 2.37 bits per heavy atom. The highest BCUT2D eigenvalue weighted by molar-refractivity contribution is 5.43. The quantitative estimate of drug-likeness (QED) is 0.914. The molecule has 0 atom stereocenters. The van der Waals surface area contributed by atoms with Gasteiger partial charge in [-0.15, -0.1) is 0 Å². The predicted molar refractivity (Wildman–Crippen MR) is 77.1 cm³/mol. The maximum atomic E-state index is 5.90. The topological polar surface area (TPSA) is 48.1 Å². The zero-order chi connectivity index (χ0) is 13.8. The highest BCUT2D eigenvalue weighted by Gasteiger charge is 2.06. The summed E-state index contributed by atoms with van der Waals surface area (Å²) in [4.78, 5) is 4.44. The van der Waals surface area contributed by atoms with Crippen LogP contribution in [0.5, 0.6) is 5.75 Å². The Hall–Kier alpha value is -1.87. The Bertz CT molecular complexity index is 556. The third kappa shape index (κ3) is 3.32. The lowest BCUT2D eigenvalue weighted by Crippen LogP contribution is -2.03. The second-order valence-corrected chi connectivity index (χ2v) is 4.82. The molecule has 1 aromatic heterocycles. The van der Waals surface area contributed by atoms with Gasteiger partial charge in [0.05, 0.1) is 5.69 Å². The first-order valence-corrected chi connectivity index (χ1v) is 6.45. The SMILES string of the molecule is Cc1cccc(COc2c(C)cc(CN)cc2C)n1. The van der Waals surface area contributed by atoms with E-state index >= 15 is 0 Å². The molecule has 0 aliphatic rings. The first kappa shape index (κ1) is 13.6. The van der Waals surface area contributed by atoms with Crippen LogP contribution in [0.2, 0.25) is 0 Å². The summed E-state index contributed by atoms with van der Waals surface area (Å²) in [6.07, 6.45) is 0. The van der Waals surface area contributed by atoms with Crippen molar-refractivity contribution in [2.24, 2.45) is 5.73 Å². The van der Waals surface area contributed by atoms with E-state index in [0.29, 0.717) is 13.2 Å². The van der Waals surface area contributed by atoms with Crippen molar-refractivity contribution in [2.45, 2.75) is 33.9 Å². The second kappa shape index (κ2) is 5.85. The average Bonchev–Trinajstić information content (AvgIpc) is 2.37. The Morgan fingerprint density at radius 1 is 1.11 bits per heavy atom. The zero-order valence-electron chi connectivity index (χ0n) is 11.7. The minimum atomic E-state index is 0.491. The maximum Gasteiger partial charge on any atom is 0.130 e. The number of pyridine rings is 1. The van der Waals surface area contributed by atoms with Crippen LogP contribution in [0, 0.1) is 20.8 Å². The molecule has 3 heteroatoms. The van der Waals surface area contributed by atoms with E-state index in [1.54, 1.807) is 0 Å². The fourth-order valence-electron chi connectivity index (χ4n) is 2.21. The van der Waals surface area contributed by atoms with E-state index in [0.717, 1.165) is 33.8 Å². The summed E-state index contributed by atoms with van der Waals surface area (Å²) < 4.78 is 5.90. The summed E-state index contributed by atoms with van der Waals surface area (Å²) in [7, 11) is 0. The fourth-order valence-corrected chi connectivity index (χ4v) is 2.21. The molecule has 2 rings (SSSR count). The van der Waals surface area contributed by atoms with Crippen molar-refractivity contribution < 1.29 is 4.74 Å². The summed E-state index contributed by atoms with van der Waals surface area (Å²) in [6, 6.07) is 10.1. The van der Waals surface area contributed by atoms with Gasteiger partial charge >= 0.3 is 0 Å². The molecule has 0 bridgehead atoms. The first-order valence-electron chi connectivity index (χ1n) is 6.45. The number of aryl methyl sites for hydroxylation is 3. The van der Waals surface area contributed by atoms with E-state index in [1.165, 1.54) is 0 Å². The van der Waals surface area contributed by atoms with E-state index in [1.807, 2.05) is 39.0 Å². The summed E-state index contributed by atoms with van der Waals surface area (Å²) in [6.45, 7) is 7.12. The molecule has 0 aliphatic carbocycles. The van der Waals surface area contributed by atoms with Crippen LogP contribution in [0.1, 0.15) is 28.1 Å². The van der Waals surface area contributed by atoms with Crippen molar-refractivity contribution in [2.75, 3.05) is 0 Å². The van der Waals surface area contributed by atoms with Crippen molar-refractivity contribution in [3.63, 3.8) is 0 Å². The van der Waals surface area contributed by atoms with Crippen LogP contribution in [0.3, 0.4) is 0 Å². The normalized spacial score (nSPS) is 10.5. The fraction of sp³-hybridized carbons (Fsp3) is 0.312. The number of benzene rings is 1. The number of ether oxygens (including phenoxy) is 1. The van der Waals surface area contributed by atoms with Gasteiger partial charge in [0.15, 0.2) is 0 Å². The lowest BCUT2D eigenvalue weighted by Gasteiger charge is -2.13. The molecular formula is C16H20N2O. The standard InChI is InChI=1S/C16H20N2O/c1-11-7-14(9-17)8-12(2)16(11)19-10-15-6-4-5-13(3)18-15/h4-8H,9-10,17H2,1-3H3. The van der Waals surface area contributed by atoms with Crippen LogP contribution in [0.15, 0.2) is 30.3 Å². The smallest absolute Gasteiger partial charge is 0.130 e. The molecule has 1 aromatic carbocycles. The minimum Gasteiger partial charge on any atom is -0.487 e. The zero-order valence-corrected chi connectivity index (χ0v) is 11.7. The summed E-state index contributed by atoms with van der Waals surface area (Å²) in [5.74, 6) is 0.931. The first-order chi connectivity index (χ1) is 9.10. The molecule has 19 heavy (non-hydrogen) atoms. The molecule has 2 aromatic rings. The maximum absolute atomic E-state index is 5.90. The van der Waals surface area contributed by atoms with Gasteiger partial charge in [-0.1, -0.05) is 18.2 Å². The van der Waals surface area contributed by atoms with Crippen molar-refractivity contribution >= 4 is 0 Å². The number of rotatable bonds is 4. The van der Waals surface area contributed by atoms with Crippen LogP contribution in [-0.2, 0) is 13.2 Å². The summed E-state index contributed by atoms with van der Waals surface area (Å²) in [5, 5.41) is 0. The van der Waals surface area contributed by atoms with Gasteiger partial charge in [-0.05, 0) is 49.6 Å². The third-order valence-electron chi connectivity index (χ3n) is 3.07. The molecule has 0 radical (unpaired) electrons. The van der Waals surface area contributed by atoms with Crippen molar-refractivity contribution in [1.82, 2.24) is 4.98 Å². The molecule has 2 N–H and O–H groups in total. The highest BCUT2D eigenvalue weighted by Crippen LogP contribution is 2.25. The van der Waals surface area contributed by atoms with Crippen molar-refractivity contribution in [3.05, 3.63) is 58.4 Å². The van der Waals surface area contributed by atoms with Crippen LogP contribution >= 0.6 is 0 Å². The molecule has 0 spiro atoms. The number of hydrogen-bond acceptors (Lipinski definition) is 3. The number of nitrogens with zero attached hydrogens (tertiary/aromatic N) is 1. The average molecular weight is 256 g/mol. The number of aromatic nitrogens is 1. The van der Waals surface area contributed by atoms with Gasteiger partial charge in [0.1, 0.15) is 12.4 Å². The molecule has 3 nitrogen and oxygen atoms in total. The van der Waals surface area contributed by atoms with Gasteiger partial charge in [0.2, 0.25) is 0 Å². The lowest BCUT2D eigenvalue weighted by molar-refractivity contribution is 0.297. The molecule has 0 fully saturated rings. The second-order valence-electron chi connectivity index (χ2n) is 4.82. The molecule has 0 saturated heterocycles. The number of nitrogens with two attached hydrogens (primary N) is 1. The van der Waals surface area contributed by atoms with E-state index < -0.39 is 0 Å². The number of hydrogen-bond donors (Lipinski definition) is 1. The van der Waals surface area contributed by atoms with E-state index in [9.17, 15) is 0 Å². The Balaban J connectivity index is 2.16. The Morgan fingerprint density at radius 2 is 1.79 bits per heavy atom. The van der Waals surface area contributed by atoms with Crippen LogP contribution in [0.4, 0.5) is 0 Å². The minimum absolute atomic E-state index is 0.491. The Kier molecular flexibility index (Phi) is 4.17. The van der Waals surface area contributed by atoms with Crippen molar-refractivity contribution in [1.29, 1.82) is 0 Å². The van der Waals surface area contributed by atoms with E-state index in [-0.39, 0.29) is 0 Å². The summed E-state index contributed by atoms with van der Waals surface area (Å²) >= 11 is 0. The van der Waals surface area contributed by atoms with Gasteiger partial charge in [0, 0.05) is 12.2 Å². The third-order valence-corrected chi connectivity index (χ3v) is 3.07. The van der Waals surface area contributed by atoms with Gasteiger partial charge < -0.3 is 10.5 Å². The van der Waals surface area contributed by atoms with Gasteiger partial charge in [-0.2, -0.15) is 0 Å². The molecule has 0 unspecified atom stereocenters. The predicted octanol–water partition coefficient (Wildman–Crippen LogP) is 3.04. The molecule has 0 aliphatic heterocycles.